The lowest BCUT2D eigenvalue weighted by Crippen LogP contribution is -2.20. The second kappa shape index (κ2) is 8.72. The Kier molecular flexibility index (Phi) is 7.26. The van der Waals surface area contributed by atoms with Crippen LogP contribution in [0.4, 0.5) is 0 Å². The number of esters is 1. The van der Waals surface area contributed by atoms with Crippen LogP contribution < -0.4 is 5.73 Å². The summed E-state index contributed by atoms with van der Waals surface area (Å²) in [6.07, 6.45) is 1.06. The van der Waals surface area contributed by atoms with Crippen LogP contribution in [0.3, 0.4) is 0 Å². The molecule has 0 radical (unpaired) electrons. The SMILES string of the molecule is CCOC(=O)COCC(N)c1ccc(CC(C)C)cc1. The number of rotatable bonds is 8. The van der Waals surface area contributed by atoms with E-state index in [4.69, 9.17) is 15.2 Å². The zero-order chi connectivity index (χ0) is 15.0. The molecule has 0 aliphatic heterocycles. The Balaban J connectivity index is 2.39. The Bertz CT molecular complexity index is 401. The van der Waals surface area contributed by atoms with Gasteiger partial charge in [-0.15, -0.1) is 0 Å². The molecule has 0 aromatic heterocycles. The summed E-state index contributed by atoms with van der Waals surface area (Å²) in [5.41, 5.74) is 8.35. The van der Waals surface area contributed by atoms with Crippen LogP contribution in [0.1, 0.15) is 37.9 Å². The van der Waals surface area contributed by atoms with E-state index in [1.807, 2.05) is 12.1 Å². The van der Waals surface area contributed by atoms with Gasteiger partial charge in [0.25, 0.3) is 0 Å². The predicted octanol–water partition coefficient (Wildman–Crippen LogP) is 2.46. The standard InChI is InChI=1S/C16H25NO3/c1-4-20-16(18)11-19-10-15(17)14-7-5-13(6-8-14)9-12(2)3/h5-8,12,15H,4,9-11,17H2,1-3H3. The fraction of sp³-hybridized carbons (Fsp3) is 0.562. The van der Waals surface area contributed by atoms with Crippen LogP contribution in [0, 0.1) is 5.92 Å². The highest BCUT2D eigenvalue weighted by Gasteiger charge is 2.08. The Morgan fingerprint density at radius 3 is 2.45 bits per heavy atom. The van der Waals surface area contributed by atoms with Gasteiger partial charge in [0.2, 0.25) is 0 Å². The minimum atomic E-state index is -0.355. The topological polar surface area (TPSA) is 61.5 Å². The van der Waals surface area contributed by atoms with Crippen molar-refractivity contribution in [1.82, 2.24) is 0 Å². The second-order valence-electron chi connectivity index (χ2n) is 5.27. The summed E-state index contributed by atoms with van der Waals surface area (Å²) in [4.78, 5) is 11.1. The largest absolute Gasteiger partial charge is 0.464 e. The number of hydrogen-bond donors (Lipinski definition) is 1. The summed E-state index contributed by atoms with van der Waals surface area (Å²) in [6, 6.07) is 8.02. The Labute approximate surface area is 121 Å². The molecule has 0 heterocycles. The zero-order valence-electron chi connectivity index (χ0n) is 12.6. The number of hydrogen-bond acceptors (Lipinski definition) is 4. The van der Waals surface area contributed by atoms with Crippen molar-refractivity contribution in [2.24, 2.45) is 11.7 Å². The van der Waals surface area contributed by atoms with E-state index >= 15 is 0 Å². The van der Waals surface area contributed by atoms with Crippen molar-refractivity contribution < 1.29 is 14.3 Å². The summed E-state index contributed by atoms with van der Waals surface area (Å²) in [5, 5.41) is 0. The van der Waals surface area contributed by atoms with E-state index in [0.717, 1.165) is 12.0 Å². The zero-order valence-corrected chi connectivity index (χ0v) is 12.6. The maximum Gasteiger partial charge on any atom is 0.332 e. The van der Waals surface area contributed by atoms with E-state index < -0.39 is 0 Å². The van der Waals surface area contributed by atoms with E-state index in [2.05, 4.69) is 26.0 Å². The van der Waals surface area contributed by atoms with Gasteiger partial charge in [-0.2, -0.15) is 0 Å². The molecular weight excluding hydrogens is 254 g/mol. The Morgan fingerprint density at radius 1 is 1.25 bits per heavy atom. The summed E-state index contributed by atoms with van der Waals surface area (Å²) in [6.45, 7) is 6.79. The molecule has 20 heavy (non-hydrogen) atoms. The van der Waals surface area contributed by atoms with E-state index in [1.165, 1.54) is 5.56 Å². The van der Waals surface area contributed by atoms with Crippen molar-refractivity contribution in [3.8, 4) is 0 Å². The molecule has 1 atom stereocenters. The number of carbonyl (C=O) groups excluding carboxylic acids is 1. The number of carbonyl (C=O) groups is 1. The first-order valence-corrected chi connectivity index (χ1v) is 7.10. The summed E-state index contributed by atoms with van der Waals surface area (Å²) < 4.78 is 10.0. The molecular formula is C16H25NO3. The Morgan fingerprint density at radius 2 is 1.90 bits per heavy atom. The molecule has 0 bridgehead atoms. The first kappa shape index (κ1) is 16.7. The number of nitrogens with two attached hydrogens (primary N) is 1. The van der Waals surface area contributed by atoms with Crippen LogP contribution in [0.25, 0.3) is 0 Å². The maximum atomic E-state index is 11.1. The highest BCUT2D eigenvalue weighted by molar-refractivity contribution is 5.70. The van der Waals surface area contributed by atoms with Crippen molar-refractivity contribution in [3.05, 3.63) is 35.4 Å². The summed E-state index contributed by atoms with van der Waals surface area (Å²) >= 11 is 0. The van der Waals surface area contributed by atoms with Gasteiger partial charge in [0.15, 0.2) is 0 Å². The van der Waals surface area contributed by atoms with Gasteiger partial charge in [0, 0.05) is 0 Å². The van der Waals surface area contributed by atoms with E-state index in [-0.39, 0.29) is 18.6 Å². The molecule has 1 aromatic carbocycles. The van der Waals surface area contributed by atoms with Crippen LogP contribution in [0.5, 0.6) is 0 Å². The van der Waals surface area contributed by atoms with Crippen LogP contribution in [-0.2, 0) is 20.7 Å². The van der Waals surface area contributed by atoms with Crippen molar-refractivity contribution in [2.75, 3.05) is 19.8 Å². The first-order chi connectivity index (χ1) is 9.52. The van der Waals surface area contributed by atoms with Crippen LogP contribution in [0.15, 0.2) is 24.3 Å². The molecule has 1 rings (SSSR count). The van der Waals surface area contributed by atoms with E-state index in [0.29, 0.717) is 19.1 Å². The van der Waals surface area contributed by atoms with Crippen LogP contribution >= 0.6 is 0 Å². The first-order valence-electron chi connectivity index (χ1n) is 7.10. The predicted molar refractivity (Wildman–Crippen MR) is 79.4 cm³/mol. The molecule has 0 spiro atoms. The molecule has 4 heteroatoms. The lowest BCUT2D eigenvalue weighted by Gasteiger charge is -2.13. The normalized spacial score (nSPS) is 12.4. The average molecular weight is 279 g/mol. The molecule has 0 aliphatic rings. The smallest absolute Gasteiger partial charge is 0.332 e. The third kappa shape index (κ3) is 6.17. The van der Waals surface area contributed by atoms with Gasteiger partial charge in [-0.1, -0.05) is 38.1 Å². The monoisotopic (exact) mass is 279 g/mol. The molecule has 1 unspecified atom stereocenters. The lowest BCUT2D eigenvalue weighted by atomic mass is 10.00. The molecule has 0 amide bonds. The van der Waals surface area contributed by atoms with Gasteiger partial charge < -0.3 is 15.2 Å². The molecule has 0 saturated heterocycles. The molecule has 0 saturated carbocycles. The highest BCUT2D eigenvalue weighted by Crippen LogP contribution is 2.14. The molecule has 2 N–H and O–H groups in total. The van der Waals surface area contributed by atoms with Crippen molar-refractivity contribution in [1.29, 1.82) is 0 Å². The van der Waals surface area contributed by atoms with Gasteiger partial charge in [0.05, 0.1) is 19.3 Å². The van der Waals surface area contributed by atoms with Crippen molar-refractivity contribution in [3.63, 3.8) is 0 Å². The van der Waals surface area contributed by atoms with E-state index in [1.54, 1.807) is 6.92 Å². The van der Waals surface area contributed by atoms with Crippen LogP contribution in [-0.4, -0.2) is 25.8 Å². The molecule has 1 aromatic rings. The minimum absolute atomic E-state index is 0.0486. The van der Waals surface area contributed by atoms with Gasteiger partial charge in [-0.3, -0.25) is 0 Å². The fourth-order valence-corrected chi connectivity index (χ4v) is 1.94. The number of ether oxygens (including phenoxy) is 2. The minimum Gasteiger partial charge on any atom is -0.464 e. The number of benzene rings is 1. The summed E-state index contributed by atoms with van der Waals surface area (Å²) in [5.74, 6) is 0.286. The third-order valence-electron chi connectivity index (χ3n) is 2.87. The van der Waals surface area contributed by atoms with Gasteiger partial charge in [-0.25, -0.2) is 4.79 Å². The van der Waals surface area contributed by atoms with Gasteiger partial charge in [0.1, 0.15) is 6.61 Å². The van der Waals surface area contributed by atoms with Crippen LogP contribution in [0.2, 0.25) is 0 Å². The third-order valence-corrected chi connectivity index (χ3v) is 2.87. The van der Waals surface area contributed by atoms with Crippen molar-refractivity contribution >= 4 is 5.97 Å². The summed E-state index contributed by atoms with van der Waals surface area (Å²) in [7, 11) is 0. The fourth-order valence-electron chi connectivity index (χ4n) is 1.94. The quantitative estimate of drug-likeness (QED) is 0.743. The molecule has 4 nitrogen and oxygen atoms in total. The molecule has 0 aliphatic carbocycles. The van der Waals surface area contributed by atoms with Gasteiger partial charge in [-0.05, 0) is 30.4 Å². The molecule has 112 valence electrons. The highest BCUT2D eigenvalue weighted by atomic mass is 16.6. The second-order valence-corrected chi connectivity index (χ2v) is 5.27. The van der Waals surface area contributed by atoms with Gasteiger partial charge >= 0.3 is 5.97 Å². The van der Waals surface area contributed by atoms with Crippen molar-refractivity contribution in [2.45, 2.75) is 33.2 Å². The Hall–Kier alpha value is -1.39. The molecule has 0 fully saturated rings. The average Bonchev–Trinajstić information content (AvgIpc) is 2.39. The maximum absolute atomic E-state index is 11.1. The van der Waals surface area contributed by atoms with E-state index in [9.17, 15) is 4.79 Å². The lowest BCUT2D eigenvalue weighted by molar-refractivity contribution is -0.148.